The minimum absolute atomic E-state index is 0.194. The molecule has 0 unspecified atom stereocenters. The van der Waals surface area contributed by atoms with Crippen LogP contribution >= 0.6 is 11.6 Å². The van der Waals surface area contributed by atoms with Crippen LogP contribution < -0.4 is 4.90 Å². The van der Waals surface area contributed by atoms with Crippen molar-refractivity contribution in [2.75, 3.05) is 38.1 Å². The molecule has 8 heteroatoms. The Morgan fingerprint density at radius 1 is 0.897 bits per heavy atom. The number of benzene rings is 2. The molecule has 0 bridgehead atoms. The van der Waals surface area contributed by atoms with E-state index in [0.717, 1.165) is 30.1 Å². The number of carbonyl (C=O) groups is 2. The molecule has 0 saturated carbocycles. The monoisotopic (exact) mass is 417 g/mol. The van der Waals surface area contributed by atoms with Crippen LogP contribution in [0.2, 0.25) is 5.02 Å². The first-order valence-electron chi connectivity index (χ1n) is 9.14. The Bertz CT molecular complexity index is 1020. The largest absolute Gasteiger partial charge is 0.364 e. The van der Waals surface area contributed by atoms with E-state index in [1.54, 1.807) is 24.3 Å². The SMILES string of the molecule is CN1CCN(C2=C(c3ccc(Cl)cc3)C(=O)N(c3ccc(F)cc3F)C2=O)CC1. The minimum atomic E-state index is -0.971. The smallest absolute Gasteiger partial charge is 0.282 e. The summed E-state index contributed by atoms with van der Waals surface area (Å²) in [6.45, 7) is 2.57. The Morgan fingerprint density at radius 3 is 2.17 bits per heavy atom. The molecule has 150 valence electrons. The number of nitrogens with zero attached hydrogens (tertiary/aromatic N) is 3. The first kappa shape index (κ1) is 19.5. The lowest BCUT2D eigenvalue weighted by Crippen LogP contribution is -2.46. The molecule has 0 aromatic heterocycles. The van der Waals surface area contributed by atoms with Crippen LogP contribution in [0.4, 0.5) is 14.5 Å². The molecule has 0 atom stereocenters. The summed E-state index contributed by atoms with van der Waals surface area (Å²) in [6, 6.07) is 9.36. The highest BCUT2D eigenvalue weighted by Crippen LogP contribution is 2.36. The molecule has 2 aliphatic rings. The zero-order chi connectivity index (χ0) is 20.7. The van der Waals surface area contributed by atoms with Crippen LogP contribution in [0.3, 0.4) is 0 Å². The third-order valence-corrected chi connectivity index (χ3v) is 5.41. The average Bonchev–Trinajstić information content (AvgIpc) is 2.94. The van der Waals surface area contributed by atoms with E-state index in [1.165, 1.54) is 0 Å². The highest BCUT2D eigenvalue weighted by atomic mass is 35.5. The second kappa shape index (κ2) is 7.57. The molecule has 0 aliphatic carbocycles. The zero-order valence-electron chi connectivity index (χ0n) is 15.7. The van der Waals surface area contributed by atoms with Crippen molar-refractivity contribution in [3.8, 4) is 0 Å². The Labute approximate surface area is 171 Å². The Balaban J connectivity index is 1.82. The van der Waals surface area contributed by atoms with E-state index >= 15 is 0 Å². The molecular formula is C21H18ClF2N3O2. The van der Waals surface area contributed by atoms with Crippen molar-refractivity contribution in [1.29, 1.82) is 0 Å². The van der Waals surface area contributed by atoms with Gasteiger partial charge in [-0.2, -0.15) is 0 Å². The Kier molecular flexibility index (Phi) is 5.10. The van der Waals surface area contributed by atoms with Gasteiger partial charge in [0.2, 0.25) is 0 Å². The normalized spacial score (nSPS) is 18.2. The number of carbonyl (C=O) groups excluding carboxylic acids is 2. The standard InChI is InChI=1S/C21H18ClF2N3O2/c1-25-8-10-26(11-9-25)19-18(13-2-4-14(22)5-3-13)20(28)27(21(19)29)17-7-6-15(23)12-16(17)24/h2-7,12H,8-11H2,1H3. The molecule has 2 amide bonds. The van der Waals surface area contributed by atoms with E-state index in [0.29, 0.717) is 29.7 Å². The minimum Gasteiger partial charge on any atom is -0.364 e. The lowest BCUT2D eigenvalue weighted by atomic mass is 10.0. The summed E-state index contributed by atoms with van der Waals surface area (Å²) in [6.07, 6.45) is 0. The van der Waals surface area contributed by atoms with E-state index in [1.807, 2.05) is 11.9 Å². The summed E-state index contributed by atoms with van der Waals surface area (Å²) >= 11 is 5.97. The van der Waals surface area contributed by atoms with Crippen molar-refractivity contribution in [2.45, 2.75) is 0 Å². The van der Waals surface area contributed by atoms with E-state index in [-0.39, 0.29) is 17.0 Å². The van der Waals surface area contributed by atoms with E-state index in [4.69, 9.17) is 11.6 Å². The molecule has 2 aromatic rings. The van der Waals surface area contributed by atoms with Gasteiger partial charge in [-0.15, -0.1) is 0 Å². The lowest BCUT2D eigenvalue weighted by Gasteiger charge is -2.34. The predicted octanol–water partition coefficient (Wildman–Crippen LogP) is 3.15. The number of hydrogen-bond acceptors (Lipinski definition) is 4. The first-order valence-corrected chi connectivity index (χ1v) is 9.52. The van der Waals surface area contributed by atoms with Crippen LogP contribution in [0.5, 0.6) is 0 Å². The fraction of sp³-hybridized carbons (Fsp3) is 0.238. The summed E-state index contributed by atoms with van der Waals surface area (Å²) in [5.41, 5.74) is 0.679. The van der Waals surface area contributed by atoms with Crippen molar-refractivity contribution in [2.24, 2.45) is 0 Å². The topological polar surface area (TPSA) is 43.9 Å². The average molecular weight is 418 g/mol. The second-order valence-corrected chi connectivity index (χ2v) is 7.50. The molecular weight excluding hydrogens is 400 g/mol. The molecule has 2 aromatic carbocycles. The quantitative estimate of drug-likeness (QED) is 0.720. The van der Waals surface area contributed by atoms with Crippen LogP contribution in [-0.4, -0.2) is 54.8 Å². The van der Waals surface area contributed by atoms with Gasteiger partial charge in [0.15, 0.2) is 0 Å². The van der Waals surface area contributed by atoms with E-state index in [2.05, 4.69) is 4.90 Å². The van der Waals surface area contributed by atoms with Gasteiger partial charge in [0.1, 0.15) is 17.3 Å². The number of likely N-dealkylation sites (N-methyl/N-ethyl adjacent to an activating group) is 1. The summed E-state index contributed by atoms with van der Waals surface area (Å²) < 4.78 is 27.8. The number of imide groups is 1. The number of anilines is 1. The van der Waals surface area contributed by atoms with Crippen LogP contribution in [0.25, 0.3) is 5.57 Å². The summed E-state index contributed by atoms with van der Waals surface area (Å²) in [4.78, 5) is 31.3. The molecule has 1 fully saturated rings. The van der Waals surface area contributed by atoms with E-state index < -0.39 is 23.4 Å². The highest BCUT2D eigenvalue weighted by Gasteiger charge is 2.43. The molecule has 0 N–H and O–H groups in total. The highest BCUT2D eigenvalue weighted by molar-refractivity contribution is 6.45. The molecule has 2 aliphatic heterocycles. The number of piperazine rings is 1. The molecule has 1 saturated heterocycles. The zero-order valence-corrected chi connectivity index (χ0v) is 16.4. The summed E-state index contributed by atoms with van der Waals surface area (Å²) in [7, 11) is 1.98. The molecule has 2 heterocycles. The molecule has 4 rings (SSSR count). The number of hydrogen-bond donors (Lipinski definition) is 0. The second-order valence-electron chi connectivity index (χ2n) is 7.06. The number of halogens is 3. The maximum atomic E-state index is 14.4. The van der Waals surface area contributed by atoms with Gasteiger partial charge in [0.25, 0.3) is 11.8 Å². The number of rotatable bonds is 3. The van der Waals surface area contributed by atoms with Gasteiger partial charge < -0.3 is 9.80 Å². The third kappa shape index (κ3) is 3.52. The maximum absolute atomic E-state index is 14.4. The van der Waals surface area contributed by atoms with Crippen LogP contribution in [0, 0.1) is 11.6 Å². The van der Waals surface area contributed by atoms with Gasteiger partial charge >= 0.3 is 0 Å². The fourth-order valence-corrected chi connectivity index (χ4v) is 3.73. The van der Waals surface area contributed by atoms with Gasteiger partial charge in [-0.05, 0) is 36.9 Å². The molecule has 0 radical (unpaired) electrons. The van der Waals surface area contributed by atoms with Crippen LogP contribution in [0.1, 0.15) is 5.56 Å². The van der Waals surface area contributed by atoms with Crippen LogP contribution in [-0.2, 0) is 9.59 Å². The van der Waals surface area contributed by atoms with Gasteiger partial charge in [-0.3, -0.25) is 9.59 Å². The molecule has 29 heavy (non-hydrogen) atoms. The van der Waals surface area contributed by atoms with Gasteiger partial charge in [-0.1, -0.05) is 23.7 Å². The Hall–Kier alpha value is -2.77. The summed E-state index contributed by atoms with van der Waals surface area (Å²) in [5, 5.41) is 0.494. The number of amides is 2. The van der Waals surface area contributed by atoms with Crippen molar-refractivity contribution in [3.05, 3.63) is 70.4 Å². The summed E-state index contributed by atoms with van der Waals surface area (Å²) in [5.74, 6) is -3.01. The molecule has 0 spiro atoms. The van der Waals surface area contributed by atoms with Crippen molar-refractivity contribution < 1.29 is 18.4 Å². The van der Waals surface area contributed by atoms with Crippen molar-refractivity contribution >= 4 is 34.7 Å². The maximum Gasteiger partial charge on any atom is 0.282 e. The van der Waals surface area contributed by atoms with Crippen molar-refractivity contribution in [3.63, 3.8) is 0 Å². The van der Waals surface area contributed by atoms with Gasteiger partial charge in [0, 0.05) is 37.3 Å². The third-order valence-electron chi connectivity index (χ3n) is 5.16. The van der Waals surface area contributed by atoms with E-state index in [9.17, 15) is 18.4 Å². The predicted molar refractivity (Wildman–Crippen MR) is 106 cm³/mol. The van der Waals surface area contributed by atoms with Crippen molar-refractivity contribution in [1.82, 2.24) is 9.80 Å². The van der Waals surface area contributed by atoms with Crippen LogP contribution in [0.15, 0.2) is 48.2 Å². The Morgan fingerprint density at radius 2 is 1.55 bits per heavy atom. The first-order chi connectivity index (χ1) is 13.9. The molecule has 5 nitrogen and oxygen atoms in total. The van der Waals surface area contributed by atoms with Gasteiger partial charge in [0.05, 0.1) is 11.3 Å². The fourth-order valence-electron chi connectivity index (χ4n) is 3.60. The lowest BCUT2D eigenvalue weighted by molar-refractivity contribution is -0.120. The van der Waals surface area contributed by atoms with Gasteiger partial charge in [-0.25, -0.2) is 13.7 Å².